The Hall–Kier alpha value is -0.410. The highest BCUT2D eigenvalue weighted by molar-refractivity contribution is 5.82. The molecule has 3 fully saturated rings. The highest BCUT2D eigenvalue weighted by Crippen LogP contribution is 2.32. The minimum atomic E-state index is 0.305. The summed E-state index contributed by atoms with van der Waals surface area (Å²) in [4.78, 5) is 17.6. The lowest BCUT2D eigenvalue weighted by Gasteiger charge is -2.41. The van der Waals surface area contributed by atoms with Crippen molar-refractivity contribution in [1.82, 2.24) is 9.80 Å². The second kappa shape index (κ2) is 6.78. The zero-order valence-electron chi connectivity index (χ0n) is 13.9. The minimum absolute atomic E-state index is 0.305. The zero-order valence-corrected chi connectivity index (χ0v) is 13.9. The highest BCUT2D eigenvalue weighted by atomic mass is 16.1. The molecule has 0 spiro atoms. The van der Waals surface area contributed by atoms with E-state index in [4.69, 9.17) is 0 Å². The van der Waals surface area contributed by atoms with Gasteiger partial charge >= 0.3 is 0 Å². The van der Waals surface area contributed by atoms with Crippen molar-refractivity contribution in [1.29, 1.82) is 0 Å². The van der Waals surface area contributed by atoms with Gasteiger partial charge in [-0.25, -0.2) is 0 Å². The fourth-order valence-corrected chi connectivity index (χ4v) is 4.83. The molecule has 2 aliphatic carbocycles. The van der Waals surface area contributed by atoms with E-state index in [1.165, 1.54) is 58.3 Å². The van der Waals surface area contributed by atoms with Crippen LogP contribution in [-0.4, -0.2) is 54.3 Å². The number of piperazine rings is 1. The number of rotatable bonds is 3. The van der Waals surface area contributed by atoms with Crippen LogP contribution >= 0.6 is 0 Å². The summed E-state index contributed by atoms with van der Waals surface area (Å²) in [6.07, 6.45) is 7.73. The molecule has 3 aliphatic rings. The SMILES string of the molecule is CC1CC(=O)C(CN2CCN(C3CCCC3)CC2)C(C)C1. The highest BCUT2D eigenvalue weighted by Gasteiger charge is 2.34. The van der Waals surface area contributed by atoms with Gasteiger partial charge in [-0.15, -0.1) is 0 Å². The third-order valence-electron chi connectivity index (χ3n) is 6.13. The number of hydrogen-bond donors (Lipinski definition) is 0. The van der Waals surface area contributed by atoms with Crippen LogP contribution in [0, 0.1) is 17.8 Å². The number of Topliss-reactive ketones (excluding diaryl/α,β-unsaturated/α-hetero) is 1. The summed E-state index contributed by atoms with van der Waals surface area (Å²) in [5, 5.41) is 0. The van der Waals surface area contributed by atoms with E-state index in [0.29, 0.717) is 23.5 Å². The molecule has 3 heteroatoms. The molecule has 0 bridgehead atoms. The number of carbonyl (C=O) groups excluding carboxylic acids is 1. The topological polar surface area (TPSA) is 23.6 Å². The average molecular weight is 292 g/mol. The van der Waals surface area contributed by atoms with Gasteiger partial charge in [0, 0.05) is 51.1 Å². The standard InChI is InChI=1S/C18H32N2O/c1-14-11-15(2)17(18(21)12-14)13-19-7-9-20(10-8-19)16-5-3-4-6-16/h14-17H,3-13H2,1-2H3. The maximum Gasteiger partial charge on any atom is 0.137 e. The van der Waals surface area contributed by atoms with Crippen molar-refractivity contribution in [2.24, 2.45) is 17.8 Å². The molecule has 0 aromatic carbocycles. The Morgan fingerprint density at radius 2 is 1.71 bits per heavy atom. The van der Waals surface area contributed by atoms with Crippen LogP contribution < -0.4 is 0 Å². The van der Waals surface area contributed by atoms with E-state index >= 15 is 0 Å². The first-order valence-corrected chi connectivity index (χ1v) is 9.12. The summed E-state index contributed by atoms with van der Waals surface area (Å²) in [5.41, 5.74) is 0. The number of ketones is 1. The van der Waals surface area contributed by atoms with Crippen molar-refractivity contribution >= 4 is 5.78 Å². The van der Waals surface area contributed by atoms with Crippen LogP contribution in [-0.2, 0) is 4.79 Å². The molecule has 3 unspecified atom stereocenters. The third kappa shape index (κ3) is 3.68. The summed E-state index contributed by atoms with van der Waals surface area (Å²) >= 11 is 0. The van der Waals surface area contributed by atoms with E-state index in [-0.39, 0.29) is 0 Å². The maximum atomic E-state index is 12.3. The van der Waals surface area contributed by atoms with E-state index in [1.54, 1.807) is 0 Å². The van der Waals surface area contributed by atoms with Crippen molar-refractivity contribution < 1.29 is 4.79 Å². The van der Waals surface area contributed by atoms with Crippen LogP contribution in [0.2, 0.25) is 0 Å². The van der Waals surface area contributed by atoms with Crippen LogP contribution in [0.1, 0.15) is 52.4 Å². The summed E-state index contributed by atoms with van der Waals surface area (Å²) in [6.45, 7) is 10.3. The average Bonchev–Trinajstić information content (AvgIpc) is 2.97. The van der Waals surface area contributed by atoms with Gasteiger partial charge in [0.15, 0.2) is 0 Å². The van der Waals surface area contributed by atoms with Gasteiger partial charge in [-0.05, 0) is 31.1 Å². The Labute approximate surface area is 130 Å². The van der Waals surface area contributed by atoms with Gasteiger partial charge in [0.2, 0.25) is 0 Å². The normalized spacial score (nSPS) is 37.2. The second-order valence-corrected chi connectivity index (χ2v) is 7.87. The Kier molecular flexibility index (Phi) is 5.00. The smallest absolute Gasteiger partial charge is 0.137 e. The lowest BCUT2D eigenvalue weighted by atomic mass is 9.74. The largest absolute Gasteiger partial charge is 0.300 e. The van der Waals surface area contributed by atoms with Gasteiger partial charge in [-0.3, -0.25) is 9.69 Å². The number of nitrogens with zero attached hydrogens (tertiary/aromatic N) is 2. The van der Waals surface area contributed by atoms with Crippen molar-refractivity contribution in [2.75, 3.05) is 32.7 Å². The van der Waals surface area contributed by atoms with Crippen LogP contribution in [0.4, 0.5) is 0 Å². The fourth-order valence-electron chi connectivity index (χ4n) is 4.83. The van der Waals surface area contributed by atoms with Gasteiger partial charge < -0.3 is 4.90 Å². The van der Waals surface area contributed by atoms with Gasteiger partial charge in [-0.2, -0.15) is 0 Å². The molecule has 0 radical (unpaired) electrons. The molecule has 0 amide bonds. The molecular weight excluding hydrogens is 260 g/mol. The van der Waals surface area contributed by atoms with Gasteiger partial charge in [0.05, 0.1) is 0 Å². The first kappa shape index (κ1) is 15.5. The molecule has 0 aromatic rings. The first-order chi connectivity index (χ1) is 10.1. The van der Waals surface area contributed by atoms with Crippen molar-refractivity contribution in [3.05, 3.63) is 0 Å². The van der Waals surface area contributed by atoms with E-state index in [1.807, 2.05) is 0 Å². The molecule has 0 N–H and O–H groups in total. The monoisotopic (exact) mass is 292 g/mol. The third-order valence-corrected chi connectivity index (χ3v) is 6.13. The predicted molar refractivity (Wildman–Crippen MR) is 86.3 cm³/mol. The molecule has 3 nitrogen and oxygen atoms in total. The predicted octanol–water partition coefficient (Wildman–Crippen LogP) is 2.80. The molecule has 1 aliphatic heterocycles. The van der Waals surface area contributed by atoms with E-state index in [9.17, 15) is 4.79 Å². The van der Waals surface area contributed by atoms with Crippen LogP contribution in [0.15, 0.2) is 0 Å². The van der Waals surface area contributed by atoms with Crippen LogP contribution in [0.25, 0.3) is 0 Å². The first-order valence-electron chi connectivity index (χ1n) is 9.12. The Morgan fingerprint density at radius 1 is 1.05 bits per heavy atom. The quantitative estimate of drug-likeness (QED) is 0.799. The van der Waals surface area contributed by atoms with Gasteiger partial charge in [-0.1, -0.05) is 26.7 Å². The molecule has 1 heterocycles. The molecule has 3 rings (SSSR count). The summed E-state index contributed by atoms with van der Waals surface area (Å²) in [7, 11) is 0. The van der Waals surface area contributed by atoms with E-state index in [0.717, 1.165) is 19.0 Å². The molecule has 0 aromatic heterocycles. The lowest BCUT2D eigenvalue weighted by molar-refractivity contribution is -0.129. The Balaban J connectivity index is 1.47. The molecule has 2 saturated carbocycles. The zero-order chi connectivity index (χ0) is 14.8. The van der Waals surface area contributed by atoms with Gasteiger partial charge in [0.1, 0.15) is 5.78 Å². The summed E-state index contributed by atoms with van der Waals surface area (Å²) < 4.78 is 0. The Morgan fingerprint density at radius 3 is 2.33 bits per heavy atom. The van der Waals surface area contributed by atoms with Crippen molar-refractivity contribution in [3.8, 4) is 0 Å². The van der Waals surface area contributed by atoms with Gasteiger partial charge in [0.25, 0.3) is 0 Å². The number of hydrogen-bond acceptors (Lipinski definition) is 3. The number of carbonyl (C=O) groups is 1. The summed E-state index contributed by atoms with van der Waals surface area (Å²) in [6, 6.07) is 0.864. The van der Waals surface area contributed by atoms with E-state index < -0.39 is 0 Å². The molecule has 21 heavy (non-hydrogen) atoms. The lowest BCUT2D eigenvalue weighted by Crippen LogP contribution is -2.52. The van der Waals surface area contributed by atoms with Crippen molar-refractivity contribution in [3.63, 3.8) is 0 Å². The molecule has 1 saturated heterocycles. The second-order valence-electron chi connectivity index (χ2n) is 7.87. The van der Waals surface area contributed by atoms with Crippen LogP contribution in [0.5, 0.6) is 0 Å². The van der Waals surface area contributed by atoms with E-state index in [2.05, 4.69) is 23.6 Å². The minimum Gasteiger partial charge on any atom is -0.300 e. The van der Waals surface area contributed by atoms with Crippen molar-refractivity contribution in [2.45, 2.75) is 58.4 Å². The molecular formula is C18H32N2O. The fraction of sp³-hybridized carbons (Fsp3) is 0.944. The van der Waals surface area contributed by atoms with Crippen LogP contribution in [0.3, 0.4) is 0 Å². The molecule has 3 atom stereocenters. The maximum absolute atomic E-state index is 12.3. The summed E-state index contributed by atoms with van der Waals surface area (Å²) in [5.74, 6) is 2.01. The Bertz CT molecular complexity index is 356. The molecule has 120 valence electrons.